The van der Waals surface area contributed by atoms with E-state index in [-0.39, 0.29) is 5.91 Å². The minimum atomic E-state index is -0.126. The van der Waals surface area contributed by atoms with E-state index in [9.17, 15) is 4.79 Å². The number of amides is 1. The maximum absolute atomic E-state index is 11.9. The summed E-state index contributed by atoms with van der Waals surface area (Å²) in [5.41, 5.74) is 6.58. The summed E-state index contributed by atoms with van der Waals surface area (Å²) < 4.78 is 1.97. The van der Waals surface area contributed by atoms with Crippen LogP contribution in [0.3, 0.4) is 0 Å². The van der Waals surface area contributed by atoms with Crippen molar-refractivity contribution in [3.63, 3.8) is 0 Å². The second-order valence-electron chi connectivity index (χ2n) is 5.96. The van der Waals surface area contributed by atoms with Crippen LogP contribution in [0.5, 0.6) is 0 Å². The molecule has 0 fully saturated rings. The topological polar surface area (TPSA) is 62.5 Å². The van der Waals surface area contributed by atoms with Crippen LogP contribution in [-0.4, -0.2) is 35.8 Å². The third kappa shape index (κ3) is 4.23. The Kier molecular flexibility index (Phi) is 5.09. The second-order valence-corrected chi connectivity index (χ2v) is 5.96. The van der Waals surface area contributed by atoms with Gasteiger partial charge in [0.05, 0.1) is 23.6 Å². The van der Waals surface area contributed by atoms with E-state index in [2.05, 4.69) is 15.5 Å². The number of aromatic nitrogens is 2. The molecule has 0 unspecified atom stereocenters. The fraction of sp³-hybridized carbons (Fsp3) is 0.211. The first-order valence-electron chi connectivity index (χ1n) is 8.12. The molecule has 3 rings (SSSR count). The predicted molar refractivity (Wildman–Crippen MR) is 101 cm³/mol. The van der Waals surface area contributed by atoms with Gasteiger partial charge in [0.25, 0.3) is 0 Å². The van der Waals surface area contributed by atoms with Crippen LogP contribution in [0.1, 0.15) is 12.0 Å². The maximum atomic E-state index is 11.9. The van der Waals surface area contributed by atoms with Gasteiger partial charge in [-0.25, -0.2) is 10.4 Å². The van der Waals surface area contributed by atoms with Crippen LogP contribution in [-0.2, 0) is 11.3 Å². The first kappa shape index (κ1) is 16.7. The van der Waals surface area contributed by atoms with Gasteiger partial charge in [0.1, 0.15) is 0 Å². The number of anilines is 1. The minimum Gasteiger partial charge on any atom is -0.378 e. The van der Waals surface area contributed by atoms with Gasteiger partial charge in [-0.2, -0.15) is 5.10 Å². The molecule has 0 atom stereocenters. The summed E-state index contributed by atoms with van der Waals surface area (Å²) in [6.45, 7) is 0.569. The molecule has 1 N–H and O–H groups in total. The molecule has 0 saturated carbocycles. The van der Waals surface area contributed by atoms with Gasteiger partial charge in [0, 0.05) is 32.7 Å². The summed E-state index contributed by atoms with van der Waals surface area (Å²) in [4.78, 5) is 18.3. The molecule has 0 radical (unpaired) electrons. The molecule has 1 heterocycles. The molecule has 0 aliphatic carbocycles. The number of hydrazone groups is 1. The van der Waals surface area contributed by atoms with Crippen molar-refractivity contribution in [3.05, 3.63) is 60.4 Å². The largest absolute Gasteiger partial charge is 0.378 e. The van der Waals surface area contributed by atoms with E-state index in [1.807, 2.05) is 72.1 Å². The zero-order valence-electron chi connectivity index (χ0n) is 14.4. The van der Waals surface area contributed by atoms with E-state index in [1.54, 1.807) is 12.5 Å². The molecule has 2 aromatic carbocycles. The number of nitrogens with zero attached hydrogens (tertiary/aromatic N) is 4. The standard InChI is InChI=1S/C19H21N5O/c1-23(2)16-9-7-15(8-10-16)13-21-22-19(25)11-12-24-14-20-17-5-3-4-6-18(17)24/h3-10,13-14H,11-12H2,1-2H3,(H,22,25)/b21-13-. The van der Waals surface area contributed by atoms with Crippen molar-refractivity contribution >= 4 is 28.8 Å². The number of fused-ring (bicyclic) bond motifs is 1. The average Bonchev–Trinajstić information content (AvgIpc) is 3.03. The highest BCUT2D eigenvalue weighted by Gasteiger charge is 2.04. The fourth-order valence-electron chi connectivity index (χ4n) is 2.50. The molecule has 0 aliphatic rings. The molecule has 1 amide bonds. The smallest absolute Gasteiger partial charge is 0.241 e. The van der Waals surface area contributed by atoms with Crippen LogP contribution in [0, 0.1) is 0 Å². The van der Waals surface area contributed by atoms with Crippen molar-refractivity contribution in [2.75, 3.05) is 19.0 Å². The first-order valence-corrected chi connectivity index (χ1v) is 8.12. The molecule has 0 spiro atoms. The Morgan fingerprint density at radius 1 is 1.20 bits per heavy atom. The highest BCUT2D eigenvalue weighted by molar-refractivity contribution is 5.83. The van der Waals surface area contributed by atoms with Crippen LogP contribution >= 0.6 is 0 Å². The molecule has 25 heavy (non-hydrogen) atoms. The van der Waals surface area contributed by atoms with Gasteiger partial charge < -0.3 is 9.47 Å². The molecule has 1 aromatic heterocycles. The minimum absolute atomic E-state index is 0.126. The van der Waals surface area contributed by atoms with Gasteiger partial charge in [-0.3, -0.25) is 4.79 Å². The Labute approximate surface area is 146 Å². The van der Waals surface area contributed by atoms with Crippen molar-refractivity contribution in [1.82, 2.24) is 15.0 Å². The predicted octanol–water partition coefficient (Wildman–Crippen LogP) is 2.64. The summed E-state index contributed by atoms with van der Waals surface area (Å²) in [6.07, 6.45) is 3.74. The van der Waals surface area contributed by atoms with Crippen molar-refractivity contribution in [2.24, 2.45) is 5.10 Å². The maximum Gasteiger partial charge on any atom is 0.241 e. The van der Waals surface area contributed by atoms with Gasteiger partial charge in [-0.15, -0.1) is 0 Å². The zero-order valence-corrected chi connectivity index (χ0v) is 14.4. The molecular weight excluding hydrogens is 314 g/mol. The summed E-state index contributed by atoms with van der Waals surface area (Å²) in [5, 5.41) is 4.02. The van der Waals surface area contributed by atoms with Crippen molar-refractivity contribution in [1.29, 1.82) is 0 Å². The van der Waals surface area contributed by atoms with Crippen molar-refractivity contribution < 1.29 is 4.79 Å². The molecule has 6 nitrogen and oxygen atoms in total. The van der Waals surface area contributed by atoms with Crippen molar-refractivity contribution in [2.45, 2.75) is 13.0 Å². The third-order valence-electron chi connectivity index (χ3n) is 3.92. The van der Waals surface area contributed by atoms with Crippen LogP contribution in [0.15, 0.2) is 60.0 Å². The quantitative estimate of drug-likeness (QED) is 0.556. The van der Waals surface area contributed by atoms with E-state index in [1.165, 1.54) is 0 Å². The molecule has 6 heteroatoms. The molecular formula is C19H21N5O. The number of carbonyl (C=O) groups is 1. The normalized spacial score (nSPS) is 11.1. The number of carbonyl (C=O) groups excluding carboxylic acids is 1. The Balaban J connectivity index is 1.51. The molecule has 0 aliphatic heterocycles. The number of benzene rings is 2. The highest BCUT2D eigenvalue weighted by atomic mass is 16.2. The fourth-order valence-corrected chi connectivity index (χ4v) is 2.50. The number of imidazole rings is 1. The lowest BCUT2D eigenvalue weighted by atomic mass is 10.2. The van der Waals surface area contributed by atoms with E-state index in [0.29, 0.717) is 13.0 Å². The average molecular weight is 335 g/mol. The molecule has 128 valence electrons. The number of para-hydroxylation sites is 2. The Bertz CT molecular complexity index is 880. The summed E-state index contributed by atoms with van der Waals surface area (Å²) in [7, 11) is 3.99. The Morgan fingerprint density at radius 2 is 1.96 bits per heavy atom. The summed E-state index contributed by atoms with van der Waals surface area (Å²) >= 11 is 0. The zero-order chi connectivity index (χ0) is 17.6. The van der Waals surface area contributed by atoms with Gasteiger partial charge in [0.2, 0.25) is 5.91 Å². The summed E-state index contributed by atoms with van der Waals surface area (Å²) in [5.74, 6) is -0.126. The lowest BCUT2D eigenvalue weighted by molar-refractivity contribution is -0.121. The van der Waals surface area contributed by atoms with Crippen LogP contribution < -0.4 is 10.3 Å². The molecule has 0 bridgehead atoms. The monoisotopic (exact) mass is 335 g/mol. The second kappa shape index (κ2) is 7.61. The number of hydrogen-bond donors (Lipinski definition) is 1. The van der Waals surface area contributed by atoms with Gasteiger partial charge >= 0.3 is 0 Å². The van der Waals surface area contributed by atoms with Crippen LogP contribution in [0.25, 0.3) is 11.0 Å². The first-order chi connectivity index (χ1) is 12.1. The van der Waals surface area contributed by atoms with E-state index >= 15 is 0 Å². The van der Waals surface area contributed by atoms with Crippen molar-refractivity contribution in [3.8, 4) is 0 Å². The SMILES string of the molecule is CN(C)c1ccc(/C=N\NC(=O)CCn2cnc3ccccc32)cc1. The molecule has 3 aromatic rings. The third-order valence-corrected chi connectivity index (χ3v) is 3.92. The van der Waals surface area contributed by atoms with Crippen LogP contribution in [0.4, 0.5) is 5.69 Å². The molecule has 0 saturated heterocycles. The van der Waals surface area contributed by atoms with Gasteiger partial charge in [-0.05, 0) is 29.8 Å². The van der Waals surface area contributed by atoms with Crippen LogP contribution in [0.2, 0.25) is 0 Å². The van der Waals surface area contributed by atoms with Gasteiger partial charge in [0.15, 0.2) is 0 Å². The highest BCUT2D eigenvalue weighted by Crippen LogP contribution is 2.12. The van der Waals surface area contributed by atoms with E-state index in [0.717, 1.165) is 22.3 Å². The lowest BCUT2D eigenvalue weighted by Crippen LogP contribution is -2.19. The number of hydrogen-bond acceptors (Lipinski definition) is 4. The number of rotatable bonds is 6. The number of nitrogens with one attached hydrogen (secondary N) is 1. The van der Waals surface area contributed by atoms with Gasteiger partial charge in [-0.1, -0.05) is 24.3 Å². The summed E-state index contributed by atoms with van der Waals surface area (Å²) in [6, 6.07) is 15.8. The Hall–Kier alpha value is -3.15. The lowest BCUT2D eigenvalue weighted by Gasteiger charge is -2.11. The number of aryl methyl sites for hydroxylation is 1. The van der Waals surface area contributed by atoms with E-state index in [4.69, 9.17) is 0 Å². The Morgan fingerprint density at radius 3 is 2.72 bits per heavy atom. The van der Waals surface area contributed by atoms with E-state index < -0.39 is 0 Å².